The summed E-state index contributed by atoms with van der Waals surface area (Å²) in [5.74, 6) is 0.383. The zero-order valence-corrected chi connectivity index (χ0v) is 15.5. The number of piperidine rings is 1. The fourth-order valence-corrected chi connectivity index (χ4v) is 4.42. The van der Waals surface area contributed by atoms with Crippen molar-refractivity contribution < 1.29 is 14.3 Å². The fourth-order valence-electron chi connectivity index (χ4n) is 4.42. The van der Waals surface area contributed by atoms with E-state index in [1.807, 2.05) is 29.2 Å². The molecule has 1 unspecified atom stereocenters. The Morgan fingerprint density at radius 3 is 2.62 bits per heavy atom. The molecule has 0 aromatic heterocycles. The summed E-state index contributed by atoms with van der Waals surface area (Å²) in [6.07, 6.45) is 3.02. The molecule has 0 radical (unpaired) electrons. The third kappa shape index (κ3) is 3.46. The van der Waals surface area contributed by atoms with Crippen molar-refractivity contribution in [1.82, 2.24) is 4.90 Å². The predicted octanol–water partition coefficient (Wildman–Crippen LogP) is 1.89. The number of nitrogens with zero attached hydrogens (tertiary/aromatic N) is 1. The maximum atomic E-state index is 12.6. The molecule has 3 N–H and O–H groups in total. The molecule has 4 rings (SSSR count). The van der Waals surface area contributed by atoms with E-state index in [0.29, 0.717) is 19.6 Å². The van der Waals surface area contributed by atoms with E-state index >= 15 is 0 Å². The highest BCUT2D eigenvalue weighted by atomic mass is 35.5. The number of amides is 2. The van der Waals surface area contributed by atoms with E-state index in [2.05, 4.69) is 5.32 Å². The van der Waals surface area contributed by atoms with Gasteiger partial charge in [0.25, 0.3) is 5.91 Å². The lowest BCUT2D eigenvalue weighted by molar-refractivity contribution is -0.144. The molecule has 3 aliphatic heterocycles. The number of nitrogens with two attached hydrogens (primary N) is 1. The molecule has 1 aromatic rings. The Hall–Kier alpha value is -1.63. The molecule has 0 spiro atoms. The standard InChI is InChI=1S/C19H25N3O3.ClH/c20-11-13-5-6-16(25-13)19(24)22-9-7-12(8-10-22)17-14-3-1-2-4-15(14)21-18(17)23;/h1-4,12-13,16-17H,5-11,20H2,(H,21,23);1H/t13-,16+,17?;/m1./s1. The summed E-state index contributed by atoms with van der Waals surface area (Å²) in [7, 11) is 0. The van der Waals surface area contributed by atoms with Gasteiger partial charge in [0.15, 0.2) is 0 Å². The normalized spacial score (nSPS) is 28.4. The summed E-state index contributed by atoms with van der Waals surface area (Å²) in [5.41, 5.74) is 7.66. The van der Waals surface area contributed by atoms with Gasteiger partial charge in [-0.2, -0.15) is 0 Å². The van der Waals surface area contributed by atoms with Gasteiger partial charge in [0.05, 0.1) is 12.0 Å². The molecule has 7 heteroatoms. The highest BCUT2D eigenvalue weighted by Gasteiger charge is 2.40. The summed E-state index contributed by atoms with van der Waals surface area (Å²) in [6.45, 7) is 1.87. The van der Waals surface area contributed by atoms with Gasteiger partial charge in [0.1, 0.15) is 6.10 Å². The molecule has 0 aliphatic carbocycles. The fraction of sp³-hybridized carbons (Fsp3) is 0.579. The van der Waals surface area contributed by atoms with Gasteiger partial charge >= 0.3 is 0 Å². The van der Waals surface area contributed by atoms with Crippen molar-refractivity contribution in [3.05, 3.63) is 29.8 Å². The molecule has 6 nitrogen and oxygen atoms in total. The Morgan fingerprint density at radius 2 is 1.92 bits per heavy atom. The first-order valence-electron chi connectivity index (χ1n) is 9.21. The summed E-state index contributed by atoms with van der Waals surface area (Å²) in [5, 5.41) is 2.98. The third-order valence-corrected chi connectivity index (χ3v) is 5.80. The Labute approximate surface area is 159 Å². The van der Waals surface area contributed by atoms with Crippen LogP contribution in [0.2, 0.25) is 0 Å². The number of carbonyl (C=O) groups is 2. The average Bonchev–Trinajstić information content (AvgIpc) is 3.25. The van der Waals surface area contributed by atoms with E-state index in [1.54, 1.807) is 0 Å². The third-order valence-electron chi connectivity index (χ3n) is 5.80. The second kappa shape index (κ2) is 7.94. The van der Waals surface area contributed by atoms with E-state index in [4.69, 9.17) is 10.5 Å². The SMILES string of the molecule is Cl.NC[C@H]1CC[C@@H](C(=O)N2CCC(C3C(=O)Nc4ccccc43)CC2)O1. The van der Waals surface area contributed by atoms with E-state index in [1.165, 1.54) is 0 Å². The lowest BCUT2D eigenvalue weighted by atomic mass is 9.80. The van der Waals surface area contributed by atoms with Crippen LogP contribution in [0.15, 0.2) is 24.3 Å². The van der Waals surface area contributed by atoms with Gasteiger partial charge in [-0.05, 0) is 43.2 Å². The molecule has 3 aliphatic rings. The number of halogens is 1. The first-order valence-corrected chi connectivity index (χ1v) is 9.21. The van der Waals surface area contributed by atoms with Crippen LogP contribution in [0.1, 0.15) is 37.2 Å². The Kier molecular flexibility index (Phi) is 5.85. The van der Waals surface area contributed by atoms with Gasteiger partial charge in [-0.25, -0.2) is 0 Å². The van der Waals surface area contributed by atoms with E-state index in [-0.39, 0.29) is 48.3 Å². The van der Waals surface area contributed by atoms with Crippen molar-refractivity contribution >= 4 is 29.9 Å². The van der Waals surface area contributed by atoms with Crippen molar-refractivity contribution in [1.29, 1.82) is 0 Å². The first kappa shape index (κ1) is 19.1. The molecule has 0 saturated carbocycles. The van der Waals surface area contributed by atoms with Crippen molar-refractivity contribution in [2.45, 2.75) is 43.8 Å². The van der Waals surface area contributed by atoms with Gasteiger partial charge in [-0.3, -0.25) is 9.59 Å². The summed E-state index contributed by atoms with van der Waals surface area (Å²) < 4.78 is 5.74. The van der Waals surface area contributed by atoms with Crippen molar-refractivity contribution in [2.75, 3.05) is 25.0 Å². The zero-order chi connectivity index (χ0) is 17.4. The molecule has 3 heterocycles. The number of nitrogens with one attached hydrogen (secondary N) is 1. The molecular weight excluding hydrogens is 354 g/mol. The monoisotopic (exact) mass is 379 g/mol. The van der Waals surface area contributed by atoms with Crippen LogP contribution in [0.5, 0.6) is 0 Å². The number of anilines is 1. The van der Waals surface area contributed by atoms with Crippen LogP contribution in [0, 0.1) is 5.92 Å². The van der Waals surface area contributed by atoms with Crippen LogP contribution in [-0.4, -0.2) is 48.6 Å². The molecule has 142 valence electrons. The summed E-state index contributed by atoms with van der Waals surface area (Å²) >= 11 is 0. The number of rotatable bonds is 3. The largest absolute Gasteiger partial charge is 0.364 e. The minimum atomic E-state index is -0.333. The number of para-hydroxylation sites is 1. The average molecular weight is 380 g/mol. The van der Waals surface area contributed by atoms with Crippen molar-refractivity contribution in [3.8, 4) is 0 Å². The van der Waals surface area contributed by atoms with E-state index in [0.717, 1.165) is 36.9 Å². The van der Waals surface area contributed by atoms with Crippen LogP contribution in [-0.2, 0) is 14.3 Å². The topological polar surface area (TPSA) is 84.7 Å². The molecule has 2 fully saturated rings. The zero-order valence-electron chi connectivity index (χ0n) is 14.7. The van der Waals surface area contributed by atoms with Crippen LogP contribution in [0.4, 0.5) is 5.69 Å². The van der Waals surface area contributed by atoms with Gasteiger partial charge in [0.2, 0.25) is 5.91 Å². The lowest BCUT2D eigenvalue weighted by Gasteiger charge is -2.35. The number of ether oxygens (including phenoxy) is 1. The maximum absolute atomic E-state index is 12.6. The van der Waals surface area contributed by atoms with Crippen LogP contribution in [0.25, 0.3) is 0 Å². The second-order valence-electron chi connectivity index (χ2n) is 7.28. The van der Waals surface area contributed by atoms with Gasteiger partial charge in [-0.1, -0.05) is 18.2 Å². The summed E-state index contributed by atoms with van der Waals surface area (Å²) in [6, 6.07) is 7.92. The number of hydrogen-bond acceptors (Lipinski definition) is 4. The first-order chi connectivity index (χ1) is 12.2. The van der Waals surface area contributed by atoms with Gasteiger partial charge < -0.3 is 20.7 Å². The van der Waals surface area contributed by atoms with Crippen LogP contribution in [0.3, 0.4) is 0 Å². The van der Waals surface area contributed by atoms with Crippen LogP contribution < -0.4 is 11.1 Å². The Balaban J connectivity index is 0.00000196. The second-order valence-corrected chi connectivity index (χ2v) is 7.28. The number of carbonyl (C=O) groups excluding carboxylic acids is 2. The van der Waals surface area contributed by atoms with Crippen molar-refractivity contribution in [3.63, 3.8) is 0 Å². The molecule has 3 atom stereocenters. The lowest BCUT2D eigenvalue weighted by Crippen LogP contribution is -2.45. The Bertz CT molecular complexity index is 676. The number of likely N-dealkylation sites (tertiary alicyclic amines) is 1. The quantitative estimate of drug-likeness (QED) is 0.839. The highest BCUT2D eigenvalue weighted by Crippen LogP contribution is 2.41. The summed E-state index contributed by atoms with van der Waals surface area (Å²) in [4.78, 5) is 26.9. The van der Waals surface area contributed by atoms with Gasteiger partial charge in [0, 0.05) is 25.3 Å². The van der Waals surface area contributed by atoms with E-state index < -0.39 is 0 Å². The van der Waals surface area contributed by atoms with Crippen molar-refractivity contribution in [2.24, 2.45) is 11.7 Å². The number of benzene rings is 1. The Morgan fingerprint density at radius 1 is 1.19 bits per heavy atom. The van der Waals surface area contributed by atoms with E-state index in [9.17, 15) is 9.59 Å². The number of hydrogen-bond donors (Lipinski definition) is 2. The molecule has 2 saturated heterocycles. The molecule has 1 aromatic carbocycles. The molecule has 0 bridgehead atoms. The maximum Gasteiger partial charge on any atom is 0.251 e. The molecule has 2 amide bonds. The van der Waals surface area contributed by atoms with Crippen LogP contribution >= 0.6 is 12.4 Å². The van der Waals surface area contributed by atoms with Gasteiger partial charge in [-0.15, -0.1) is 12.4 Å². The minimum Gasteiger partial charge on any atom is -0.364 e. The molecule has 26 heavy (non-hydrogen) atoms. The number of fused-ring (bicyclic) bond motifs is 1. The molecular formula is C19H26ClN3O3. The highest BCUT2D eigenvalue weighted by molar-refractivity contribution is 6.03. The predicted molar refractivity (Wildman–Crippen MR) is 101 cm³/mol. The smallest absolute Gasteiger partial charge is 0.251 e. The minimum absolute atomic E-state index is 0.